The van der Waals surface area contributed by atoms with Gasteiger partial charge in [0.1, 0.15) is 0 Å². The average Bonchev–Trinajstić information content (AvgIpc) is 2.28. The second-order valence-electron chi connectivity index (χ2n) is 3.31. The van der Waals surface area contributed by atoms with Crippen LogP contribution in [0.3, 0.4) is 0 Å². The Kier molecular flexibility index (Phi) is 5.22. The van der Waals surface area contributed by atoms with Crippen molar-refractivity contribution in [1.82, 2.24) is 10.3 Å². The van der Waals surface area contributed by atoms with Crippen molar-refractivity contribution in [3.63, 3.8) is 0 Å². The number of hydrogen-bond acceptors (Lipinski definition) is 2. The third-order valence-corrected chi connectivity index (χ3v) is 1.95. The van der Waals surface area contributed by atoms with Gasteiger partial charge in [-0.05, 0) is 24.5 Å². The zero-order chi connectivity index (χ0) is 10.9. The van der Waals surface area contributed by atoms with Gasteiger partial charge in [0.2, 0.25) is 0 Å². The van der Waals surface area contributed by atoms with Crippen LogP contribution < -0.4 is 11.1 Å². The van der Waals surface area contributed by atoms with Crippen LogP contribution in [0.2, 0.25) is 0 Å². The van der Waals surface area contributed by atoms with Crippen molar-refractivity contribution in [2.75, 3.05) is 13.1 Å². The van der Waals surface area contributed by atoms with Crippen molar-refractivity contribution in [1.29, 1.82) is 0 Å². The molecule has 0 amide bonds. The van der Waals surface area contributed by atoms with Gasteiger partial charge in [-0.3, -0.25) is 9.98 Å². The van der Waals surface area contributed by atoms with E-state index in [-0.39, 0.29) is 0 Å². The first-order chi connectivity index (χ1) is 7.33. The predicted octanol–water partition coefficient (Wildman–Crippen LogP) is 0.938. The maximum atomic E-state index is 5.65. The van der Waals surface area contributed by atoms with E-state index in [2.05, 4.69) is 22.2 Å². The van der Waals surface area contributed by atoms with Crippen LogP contribution in [0.5, 0.6) is 0 Å². The van der Waals surface area contributed by atoms with Crippen molar-refractivity contribution in [3.05, 3.63) is 30.1 Å². The van der Waals surface area contributed by atoms with Crippen LogP contribution in [0.25, 0.3) is 0 Å². The normalized spacial score (nSPS) is 11.4. The molecule has 4 nitrogen and oxygen atoms in total. The molecule has 0 aliphatic heterocycles. The lowest BCUT2D eigenvalue weighted by Crippen LogP contribution is -2.33. The van der Waals surface area contributed by atoms with E-state index in [4.69, 9.17) is 5.73 Å². The number of nitrogens with one attached hydrogen (secondary N) is 1. The lowest BCUT2D eigenvalue weighted by atomic mass is 10.2. The zero-order valence-electron chi connectivity index (χ0n) is 9.11. The second-order valence-corrected chi connectivity index (χ2v) is 3.31. The standard InChI is InChI=1S/C11H18N4/c1-2-6-14-11(12)15-8-5-10-4-3-7-13-9-10/h3-4,7,9H,2,5-6,8H2,1H3,(H3,12,14,15). The van der Waals surface area contributed by atoms with Crippen molar-refractivity contribution < 1.29 is 0 Å². The Balaban J connectivity index is 2.22. The van der Waals surface area contributed by atoms with Crippen molar-refractivity contribution in [2.24, 2.45) is 10.7 Å². The molecule has 0 aromatic carbocycles. The van der Waals surface area contributed by atoms with Gasteiger partial charge in [0, 0.05) is 25.5 Å². The lowest BCUT2D eigenvalue weighted by Gasteiger charge is -2.04. The Morgan fingerprint density at radius 3 is 3.13 bits per heavy atom. The highest BCUT2D eigenvalue weighted by molar-refractivity contribution is 5.77. The molecule has 1 rings (SSSR count). The number of hydrogen-bond donors (Lipinski definition) is 2. The Morgan fingerprint density at radius 1 is 1.60 bits per heavy atom. The fraction of sp³-hybridized carbons (Fsp3) is 0.455. The summed E-state index contributed by atoms with van der Waals surface area (Å²) in [5, 5.41) is 3.07. The molecule has 0 aliphatic rings. The monoisotopic (exact) mass is 206 g/mol. The summed E-state index contributed by atoms with van der Waals surface area (Å²) in [5.41, 5.74) is 6.85. The van der Waals surface area contributed by atoms with Gasteiger partial charge in [0.05, 0.1) is 0 Å². The summed E-state index contributed by atoms with van der Waals surface area (Å²) in [7, 11) is 0. The maximum absolute atomic E-state index is 5.65. The van der Waals surface area contributed by atoms with Crippen LogP contribution in [0.15, 0.2) is 29.5 Å². The summed E-state index contributed by atoms with van der Waals surface area (Å²) >= 11 is 0. The van der Waals surface area contributed by atoms with Crippen molar-refractivity contribution >= 4 is 5.96 Å². The highest BCUT2D eigenvalue weighted by Gasteiger charge is 1.93. The summed E-state index contributed by atoms with van der Waals surface area (Å²) in [4.78, 5) is 8.18. The number of nitrogens with zero attached hydrogens (tertiary/aromatic N) is 2. The minimum Gasteiger partial charge on any atom is -0.370 e. The van der Waals surface area contributed by atoms with Gasteiger partial charge in [-0.1, -0.05) is 13.0 Å². The molecule has 1 heterocycles. The van der Waals surface area contributed by atoms with E-state index in [1.54, 1.807) is 6.20 Å². The maximum Gasteiger partial charge on any atom is 0.188 e. The molecule has 0 bridgehead atoms. The fourth-order valence-corrected chi connectivity index (χ4v) is 1.17. The molecule has 0 radical (unpaired) electrons. The molecular weight excluding hydrogens is 188 g/mol. The summed E-state index contributed by atoms with van der Waals surface area (Å²) in [6.45, 7) is 3.66. The van der Waals surface area contributed by atoms with E-state index in [1.165, 1.54) is 5.56 Å². The van der Waals surface area contributed by atoms with E-state index in [0.717, 1.165) is 25.9 Å². The zero-order valence-corrected chi connectivity index (χ0v) is 9.11. The largest absolute Gasteiger partial charge is 0.370 e. The Hall–Kier alpha value is -1.58. The molecule has 0 unspecified atom stereocenters. The van der Waals surface area contributed by atoms with Crippen LogP contribution in [0.1, 0.15) is 18.9 Å². The van der Waals surface area contributed by atoms with Gasteiger partial charge < -0.3 is 11.1 Å². The molecule has 1 aromatic rings. The number of guanidine groups is 1. The van der Waals surface area contributed by atoms with Gasteiger partial charge in [-0.25, -0.2) is 0 Å². The van der Waals surface area contributed by atoms with E-state index >= 15 is 0 Å². The third-order valence-electron chi connectivity index (χ3n) is 1.95. The van der Waals surface area contributed by atoms with Crippen molar-refractivity contribution in [2.45, 2.75) is 19.8 Å². The smallest absolute Gasteiger partial charge is 0.188 e. The molecule has 4 heteroatoms. The molecule has 82 valence electrons. The molecule has 1 aromatic heterocycles. The number of rotatable bonds is 5. The highest BCUT2D eigenvalue weighted by atomic mass is 15.1. The fourth-order valence-electron chi connectivity index (χ4n) is 1.17. The first-order valence-electron chi connectivity index (χ1n) is 5.25. The minimum absolute atomic E-state index is 0.528. The van der Waals surface area contributed by atoms with Gasteiger partial charge in [0.15, 0.2) is 5.96 Å². The highest BCUT2D eigenvalue weighted by Crippen LogP contribution is 1.94. The Bertz CT molecular complexity index is 295. The van der Waals surface area contributed by atoms with E-state index in [0.29, 0.717) is 5.96 Å². The molecule has 15 heavy (non-hydrogen) atoms. The Labute approximate surface area is 90.6 Å². The molecule has 0 atom stereocenters. The van der Waals surface area contributed by atoms with E-state index in [1.807, 2.05) is 18.3 Å². The quantitative estimate of drug-likeness (QED) is 0.556. The molecule has 0 fully saturated rings. The summed E-state index contributed by atoms with van der Waals surface area (Å²) in [6, 6.07) is 3.98. The molecule has 0 aliphatic carbocycles. The van der Waals surface area contributed by atoms with Crippen LogP contribution in [-0.4, -0.2) is 24.0 Å². The van der Waals surface area contributed by atoms with Crippen LogP contribution in [-0.2, 0) is 6.42 Å². The van der Waals surface area contributed by atoms with Gasteiger partial charge >= 0.3 is 0 Å². The molecule has 0 saturated carbocycles. The lowest BCUT2D eigenvalue weighted by molar-refractivity contribution is 0.836. The van der Waals surface area contributed by atoms with Gasteiger partial charge in [0.25, 0.3) is 0 Å². The molecule has 0 saturated heterocycles. The molecule has 0 spiro atoms. The summed E-state index contributed by atoms with van der Waals surface area (Å²) < 4.78 is 0. The number of nitrogens with two attached hydrogens (primary N) is 1. The van der Waals surface area contributed by atoms with Gasteiger partial charge in [-0.2, -0.15) is 0 Å². The van der Waals surface area contributed by atoms with E-state index < -0.39 is 0 Å². The van der Waals surface area contributed by atoms with Crippen molar-refractivity contribution in [3.8, 4) is 0 Å². The molecular formula is C11H18N4. The summed E-state index contributed by atoms with van der Waals surface area (Å²) in [6.07, 6.45) is 5.57. The topological polar surface area (TPSA) is 63.3 Å². The predicted molar refractivity (Wildman–Crippen MR) is 62.7 cm³/mol. The SMILES string of the molecule is CCCN=C(N)NCCc1cccnc1. The second kappa shape index (κ2) is 6.81. The number of aliphatic imine (C=N–C) groups is 1. The summed E-state index contributed by atoms with van der Waals surface area (Å²) in [5.74, 6) is 0.528. The van der Waals surface area contributed by atoms with Crippen LogP contribution in [0, 0.1) is 0 Å². The third kappa shape index (κ3) is 5.00. The van der Waals surface area contributed by atoms with Gasteiger partial charge in [-0.15, -0.1) is 0 Å². The average molecular weight is 206 g/mol. The Morgan fingerprint density at radius 2 is 2.47 bits per heavy atom. The first kappa shape index (κ1) is 11.5. The van der Waals surface area contributed by atoms with Crippen LogP contribution in [0.4, 0.5) is 0 Å². The van der Waals surface area contributed by atoms with E-state index in [9.17, 15) is 0 Å². The first-order valence-corrected chi connectivity index (χ1v) is 5.25. The van der Waals surface area contributed by atoms with Crippen LogP contribution >= 0.6 is 0 Å². The number of aromatic nitrogens is 1. The minimum atomic E-state index is 0.528. The molecule has 3 N–H and O–H groups in total. The number of pyridine rings is 1.